The van der Waals surface area contributed by atoms with E-state index < -0.39 is 6.04 Å². The first-order chi connectivity index (χ1) is 11.4. The summed E-state index contributed by atoms with van der Waals surface area (Å²) in [6, 6.07) is 8.52. The van der Waals surface area contributed by atoms with Crippen molar-refractivity contribution in [2.24, 2.45) is 11.7 Å². The van der Waals surface area contributed by atoms with Crippen LogP contribution in [0.3, 0.4) is 0 Å². The lowest BCUT2D eigenvalue weighted by atomic mass is 10.0. The highest BCUT2D eigenvalue weighted by atomic mass is 35.5. The molecule has 0 bridgehead atoms. The van der Waals surface area contributed by atoms with Crippen molar-refractivity contribution in [3.05, 3.63) is 41.7 Å². The van der Waals surface area contributed by atoms with Crippen LogP contribution in [0.4, 0.5) is 5.69 Å². The van der Waals surface area contributed by atoms with Gasteiger partial charge >= 0.3 is 0 Å². The van der Waals surface area contributed by atoms with Gasteiger partial charge in [0.05, 0.1) is 13.2 Å². The van der Waals surface area contributed by atoms with Crippen molar-refractivity contribution in [3.8, 4) is 16.9 Å². The summed E-state index contributed by atoms with van der Waals surface area (Å²) in [6.45, 7) is 4.07. The number of nitrogens with one attached hydrogen (secondary N) is 1. The topological polar surface area (TPSA) is 77.2 Å². The summed E-state index contributed by atoms with van der Waals surface area (Å²) in [5.41, 5.74) is 8.31. The predicted molar refractivity (Wildman–Crippen MR) is 97.3 cm³/mol. The van der Waals surface area contributed by atoms with Crippen LogP contribution in [0.5, 0.6) is 5.75 Å². The van der Waals surface area contributed by atoms with Crippen molar-refractivity contribution >= 4 is 23.2 Å². The van der Waals surface area contributed by atoms with E-state index in [9.17, 15) is 4.79 Å². The maximum Gasteiger partial charge on any atom is 0.241 e. The second-order valence-corrected chi connectivity index (χ2v) is 6.39. The van der Waals surface area contributed by atoms with Crippen molar-refractivity contribution in [2.75, 3.05) is 12.4 Å². The quantitative estimate of drug-likeness (QED) is 0.781. The van der Waals surface area contributed by atoms with E-state index in [2.05, 4.69) is 10.3 Å². The fourth-order valence-electron chi connectivity index (χ4n) is 2.43. The number of anilines is 1. The Morgan fingerprint density at radius 1 is 1.33 bits per heavy atom. The third-order valence-corrected chi connectivity index (χ3v) is 3.78. The van der Waals surface area contributed by atoms with Gasteiger partial charge in [-0.05, 0) is 42.2 Å². The number of amides is 1. The van der Waals surface area contributed by atoms with E-state index in [-0.39, 0.29) is 5.91 Å². The molecule has 6 heteroatoms. The van der Waals surface area contributed by atoms with Crippen molar-refractivity contribution in [1.82, 2.24) is 4.98 Å². The maximum absolute atomic E-state index is 12.1. The molecule has 24 heavy (non-hydrogen) atoms. The Morgan fingerprint density at radius 2 is 2.08 bits per heavy atom. The molecule has 0 spiro atoms. The van der Waals surface area contributed by atoms with Crippen LogP contribution in [0.2, 0.25) is 5.15 Å². The van der Waals surface area contributed by atoms with Crippen LogP contribution in [0.1, 0.15) is 20.3 Å². The average molecular weight is 348 g/mol. The number of rotatable bonds is 6. The zero-order valence-electron chi connectivity index (χ0n) is 14.0. The van der Waals surface area contributed by atoms with Crippen LogP contribution in [-0.2, 0) is 4.79 Å². The Balaban J connectivity index is 2.21. The Kier molecular flexibility index (Phi) is 6.17. The SMILES string of the molecule is COc1cc(NC(=O)[C@H](N)CC(C)C)ccc1-c1ccnc(Cl)c1. The van der Waals surface area contributed by atoms with Crippen molar-refractivity contribution in [3.63, 3.8) is 0 Å². The highest BCUT2D eigenvalue weighted by Gasteiger charge is 2.16. The first-order valence-electron chi connectivity index (χ1n) is 7.77. The standard InChI is InChI=1S/C18H22ClN3O2/c1-11(2)8-15(20)18(23)22-13-4-5-14(16(10-13)24-3)12-6-7-21-17(19)9-12/h4-7,9-11,15H,8,20H2,1-3H3,(H,22,23)/t15-/m1/s1. The van der Waals surface area contributed by atoms with Gasteiger partial charge in [-0.25, -0.2) is 4.98 Å². The van der Waals surface area contributed by atoms with E-state index in [4.69, 9.17) is 22.1 Å². The van der Waals surface area contributed by atoms with Gasteiger partial charge in [-0.2, -0.15) is 0 Å². The molecule has 128 valence electrons. The lowest BCUT2D eigenvalue weighted by Gasteiger charge is -2.16. The number of pyridine rings is 1. The molecule has 3 N–H and O–H groups in total. The molecule has 0 aliphatic carbocycles. The summed E-state index contributed by atoms with van der Waals surface area (Å²) in [5.74, 6) is 0.789. The van der Waals surface area contributed by atoms with Crippen LogP contribution in [-0.4, -0.2) is 24.0 Å². The van der Waals surface area contributed by atoms with Gasteiger partial charge < -0.3 is 15.8 Å². The number of nitrogens with two attached hydrogens (primary N) is 1. The van der Waals surface area contributed by atoms with Gasteiger partial charge in [-0.1, -0.05) is 25.4 Å². The summed E-state index contributed by atoms with van der Waals surface area (Å²) < 4.78 is 5.44. The molecule has 5 nitrogen and oxygen atoms in total. The van der Waals surface area contributed by atoms with E-state index in [1.165, 1.54) is 0 Å². The first kappa shape index (κ1) is 18.2. The average Bonchev–Trinajstić information content (AvgIpc) is 2.54. The van der Waals surface area contributed by atoms with E-state index in [1.54, 1.807) is 25.4 Å². The molecule has 0 saturated carbocycles. The summed E-state index contributed by atoms with van der Waals surface area (Å²) in [7, 11) is 1.58. The molecule has 1 aromatic heterocycles. The third kappa shape index (κ3) is 4.69. The predicted octanol–water partition coefficient (Wildman–Crippen LogP) is 3.72. The zero-order valence-corrected chi connectivity index (χ0v) is 14.8. The van der Waals surface area contributed by atoms with Crippen LogP contribution in [0, 0.1) is 5.92 Å². The number of hydrogen-bond acceptors (Lipinski definition) is 4. The molecule has 1 amide bonds. The van der Waals surface area contributed by atoms with Gasteiger partial charge in [0.15, 0.2) is 0 Å². The number of aromatic nitrogens is 1. The van der Waals surface area contributed by atoms with E-state index in [1.807, 2.05) is 32.0 Å². The van der Waals surface area contributed by atoms with Gasteiger partial charge in [-0.15, -0.1) is 0 Å². The number of ether oxygens (including phenoxy) is 1. The van der Waals surface area contributed by atoms with E-state index in [0.717, 1.165) is 11.1 Å². The number of methoxy groups -OCH3 is 1. The maximum atomic E-state index is 12.1. The fraction of sp³-hybridized carbons (Fsp3) is 0.333. The molecule has 0 aliphatic heterocycles. The van der Waals surface area contributed by atoms with Crippen LogP contribution < -0.4 is 15.8 Å². The van der Waals surface area contributed by atoms with Crippen molar-refractivity contribution in [1.29, 1.82) is 0 Å². The highest BCUT2D eigenvalue weighted by Crippen LogP contribution is 2.33. The first-order valence-corrected chi connectivity index (χ1v) is 8.15. The highest BCUT2D eigenvalue weighted by molar-refractivity contribution is 6.29. The Morgan fingerprint density at radius 3 is 2.71 bits per heavy atom. The molecule has 0 saturated heterocycles. The lowest BCUT2D eigenvalue weighted by Crippen LogP contribution is -2.36. The van der Waals surface area contributed by atoms with Crippen LogP contribution in [0.15, 0.2) is 36.5 Å². The molecule has 0 aliphatic rings. The molecule has 0 fully saturated rings. The number of carbonyl (C=O) groups excluding carboxylic acids is 1. The molecule has 2 rings (SSSR count). The molecule has 2 aromatic rings. The molecule has 1 atom stereocenters. The number of halogens is 1. The molecular weight excluding hydrogens is 326 g/mol. The summed E-state index contributed by atoms with van der Waals surface area (Å²) in [4.78, 5) is 16.1. The zero-order chi connectivity index (χ0) is 17.7. The fourth-order valence-corrected chi connectivity index (χ4v) is 2.60. The summed E-state index contributed by atoms with van der Waals surface area (Å²) in [5, 5.41) is 3.24. The van der Waals surface area contributed by atoms with Gasteiger partial charge in [0, 0.05) is 23.5 Å². The van der Waals surface area contributed by atoms with Gasteiger partial charge in [0.25, 0.3) is 0 Å². The van der Waals surface area contributed by atoms with Gasteiger partial charge in [0.2, 0.25) is 5.91 Å². The van der Waals surface area contributed by atoms with Gasteiger partial charge in [-0.3, -0.25) is 4.79 Å². The number of benzene rings is 1. The van der Waals surface area contributed by atoms with Crippen molar-refractivity contribution < 1.29 is 9.53 Å². The monoisotopic (exact) mass is 347 g/mol. The van der Waals surface area contributed by atoms with Crippen LogP contribution >= 0.6 is 11.6 Å². The van der Waals surface area contributed by atoms with Crippen molar-refractivity contribution in [2.45, 2.75) is 26.3 Å². The van der Waals surface area contributed by atoms with E-state index in [0.29, 0.717) is 28.9 Å². The largest absolute Gasteiger partial charge is 0.496 e. The number of nitrogens with zero attached hydrogens (tertiary/aromatic N) is 1. The van der Waals surface area contributed by atoms with E-state index >= 15 is 0 Å². The molecule has 1 heterocycles. The summed E-state index contributed by atoms with van der Waals surface area (Å²) >= 11 is 5.94. The second kappa shape index (κ2) is 8.13. The normalized spacial score (nSPS) is 12.1. The molecule has 0 unspecified atom stereocenters. The number of carbonyl (C=O) groups is 1. The second-order valence-electron chi connectivity index (χ2n) is 6.01. The smallest absolute Gasteiger partial charge is 0.241 e. The third-order valence-electron chi connectivity index (χ3n) is 3.57. The minimum Gasteiger partial charge on any atom is -0.496 e. The molecule has 0 radical (unpaired) electrons. The molecule has 1 aromatic carbocycles. The summed E-state index contributed by atoms with van der Waals surface area (Å²) in [6.07, 6.45) is 2.27. The minimum atomic E-state index is -0.533. The van der Waals surface area contributed by atoms with Gasteiger partial charge in [0.1, 0.15) is 10.9 Å². The molecular formula is C18H22ClN3O2. The lowest BCUT2D eigenvalue weighted by molar-refractivity contribution is -0.117. The number of hydrogen-bond donors (Lipinski definition) is 2. The van der Waals surface area contributed by atoms with Crippen LogP contribution in [0.25, 0.3) is 11.1 Å². The Hall–Kier alpha value is -2.11. The Labute approximate surface area is 147 Å². The Bertz CT molecular complexity index is 719. The minimum absolute atomic E-state index is 0.203.